The van der Waals surface area contributed by atoms with Gasteiger partial charge in [0.1, 0.15) is 11.6 Å². The summed E-state index contributed by atoms with van der Waals surface area (Å²) < 4.78 is 18.5. The predicted molar refractivity (Wildman–Crippen MR) is 69.0 cm³/mol. The second-order valence-corrected chi connectivity index (χ2v) is 4.06. The van der Waals surface area contributed by atoms with Crippen LogP contribution in [0.15, 0.2) is 36.4 Å². The van der Waals surface area contributed by atoms with Crippen molar-refractivity contribution in [2.24, 2.45) is 0 Å². The summed E-state index contributed by atoms with van der Waals surface area (Å²) in [5.41, 5.74) is 0.823. The Morgan fingerprint density at radius 2 is 2.05 bits per heavy atom. The summed E-state index contributed by atoms with van der Waals surface area (Å²) in [6, 6.07) is 9.59. The maximum absolute atomic E-state index is 13.2. The van der Waals surface area contributed by atoms with Gasteiger partial charge in [0.15, 0.2) is 0 Å². The third kappa shape index (κ3) is 2.72. The first kappa shape index (κ1) is 13.5. The highest BCUT2D eigenvalue weighted by molar-refractivity contribution is 5.50. The van der Waals surface area contributed by atoms with Crippen molar-refractivity contribution in [1.29, 1.82) is 5.26 Å². The Bertz CT molecular complexity index is 723. The largest absolute Gasteiger partial charge is 0.450 e. The number of nitrogens with zero attached hydrogens (tertiary/aromatic N) is 2. The molecule has 0 heterocycles. The molecule has 2 rings (SSSR count). The fourth-order valence-corrected chi connectivity index (χ4v) is 1.67. The number of nitro benzene ring substituents is 1. The number of nitro groups is 1. The zero-order valence-corrected chi connectivity index (χ0v) is 10.5. The minimum Gasteiger partial charge on any atom is -0.450 e. The van der Waals surface area contributed by atoms with Gasteiger partial charge in [-0.05, 0) is 36.8 Å². The molecule has 0 N–H and O–H groups in total. The lowest BCUT2D eigenvalue weighted by Crippen LogP contribution is -1.95. The molecule has 20 heavy (non-hydrogen) atoms. The summed E-state index contributed by atoms with van der Waals surface area (Å²) in [4.78, 5) is 10.2. The first-order valence-electron chi connectivity index (χ1n) is 5.64. The minimum atomic E-state index is -0.648. The highest BCUT2D eigenvalue weighted by Crippen LogP contribution is 2.32. The third-order valence-electron chi connectivity index (χ3n) is 2.66. The van der Waals surface area contributed by atoms with Gasteiger partial charge in [-0.25, -0.2) is 4.39 Å². The predicted octanol–water partition coefficient (Wildman–Crippen LogP) is 3.71. The van der Waals surface area contributed by atoms with E-state index >= 15 is 0 Å². The lowest BCUT2D eigenvalue weighted by atomic mass is 10.1. The van der Waals surface area contributed by atoms with Crippen molar-refractivity contribution in [2.75, 3.05) is 0 Å². The summed E-state index contributed by atoms with van der Waals surface area (Å²) in [7, 11) is 0. The average Bonchev–Trinajstić information content (AvgIpc) is 2.38. The molecular weight excluding hydrogens is 263 g/mol. The van der Waals surface area contributed by atoms with Crippen molar-refractivity contribution in [3.63, 3.8) is 0 Å². The molecule has 0 spiro atoms. The normalized spacial score (nSPS) is 9.85. The van der Waals surface area contributed by atoms with Crippen LogP contribution >= 0.6 is 0 Å². The lowest BCUT2D eigenvalue weighted by Gasteiger charge is -2.07. The van der Waals surface area contributed by atoms with Gasteiger partial charge in [-0.15, -0.1) is 0 Å². The number of benzene rings is 2. The van der Waals surface area contributed by atoms with Crippen molar-refractivity contribution < 1.29 is 14.1 Å². The summed E-state index contributed by atoms with van der Waals surface area (Å²) in [5.74, 6) is -0.509. The highest BCUT2D eigenvalue weighted by Gasteiger charge is 2.16. The zero-order valence-electron chi connectivity index (χ0n) is 10.5. The van der Waals surface area contributed by atoms with Gasteiger partial charge in [0.25, 0.3) is 0 Å². The van der Waals surface area contributed by atoms with Crippen LogP contribution in [-0.4, -0.2) is 4.92 Å². The van der Waals surface area contributed by atoms with Crippen molar-refractivity contribution in [3.05, 3.63) is 63.5 Å². The van der Waals surface area contributed by atoms with E-state index in [0.29, 0.717) is 16.9 Å². The van der Waals surface area contributed by atoms with Gasteiger partial charge >= 0.3 is 5.69 Å². The van der Waals surface area contributed by atoms with Crippen LogP contribution in [0.2, 0.25) is 0 Å². The van der Waals surface area contributed by atoms with E-state index in [1.165, 1.54) is 12.1 Å². The van der Waals surface area contributed by atoms with E-state index in [-0.39, 0.29) is 11.4 Å². The number of aryl methyl sites for hydroxylation is 1. The quantitative estimate of drug-likeness (QED) is 0.630. The first-order chi connectivity index (χ1) is 9.51. The zero-order chi connectivity index (χ0) is 14.7. The maximum Gasteiger partial charge on any atom is 0.311 e. The molecule has 2 aromatic carbocycles. The number of hydrogen-bond acceptors (Lipinski definition) is 4. The molecule has 0 aliphatic carbocycles. The molecule has 0 saturated carbocycles. The van der Waals surface area contributed by atoms with Crippen LogP contribution in [0.3, 0.4) is 0 Å². The van der Waals surface area contributed by atoms with Gasteiger partial charge in [0.05, 0.1) is 16.6 Å². The van der Waals surface area contributed by atoms with Crippen LogP contribution in [-0.2, 0) is 0 Å². The standard InChI is InChI=1S/C14H9FN2O3/c1-9-6-12(4-2-10(9)8-16)20-14-7-11(15)3-5-13(14)17(18)19/h2-7H,1H3. The molecule has 0 aliphatic rings. The van der Waals surface area contributed by atoms with Crippen LogP contribution in [0.25, 0.3) is 0 Å². The lowest BCUT2D eigenvalue weighted by molar-refractivity contribution is -0.385. The van der Waals surface area contributed by atoms with Crippen molar-refractivity contribution >= 4 is 5.69 Å². The Labute approximate surface area is 114 Å². The monoisotopic (exact) mass is 272 g/mol. The first-order valence-corrected chi connectivity index (χ1v) is 5.64. The third-order valence-corrected chi connectivity index (χ3v) is 2.66. The fourth-order valence-electron chi connectivity index (χ4n) is 1.67. The molecular formula is C14H9FN2O3. The molecule has 0 aliphatic heterocycles. The molecule has 2 aromatic rings. The molecule has 6 heteroatoms. The molecule has 0 atom stereocenters. The SMILES string of the molecule is Cc1cc(Oc2cc(F)ccc2[N+](=O)[O-])ccc1C#N. The molecule has 0 saturated heterocycles. The second-order valence-electron chi connectivity index (χ2n) is 4.06. The number of nitriles is 1. The number of rotatable bonds is 3. The van der Waals surface area contributed by atoms with Crippen LogP contribution in [0.5, 0.6) is 11.5 Å². The van der Waals surface area contributed by atoms with Crippen molar-refractivity contribution in [3.8, 4) is 17.6 Å². The molecule has 100 valence electrons. The highest BCUT2D eigenvalue weighted by atomic mass is 19.1. The van der Waals surface area contributed by atoms with E-state index in [4.69, 9.17) is 10.00 Å². The summed E-state index contributed by atoms with van der Waals surface area (Å²) >= 11 is 0. The molecule has 0 fully saturated rings. The summed E-state index contributed by atoms with van der Waals surface area (Å²) in [6.07, 6.45) is 0. The Hall–Kier alpha value is -2.94. The smallest absolute Gasteiger partial charge is 0.311 e. The van der Waals surface area contributed by atoms with E-state index < -0.39 is 10.7 Å². The molecule has 0 radical (unpaired) electrons. The van der Waals surface area contributed by atoms with Gasteiger partial charge in [-0.2, -0.15) is 5.26 Å². The second kappa shape index (κ2) is 5.36. The Morgan fingerprint density at radius 1 is 1.30 bits per heavy atom. The van der Waals surface area contributed by atoms with Gasteiger partial charge in [0.2, 0.25) is 5.75 Å². The van der Waals surface area contributed by atoms with Crippen molar-refractivity contribution in [1.82, 2.24) is 0 Å². The van der Waals surface area contributed by atoms with E-state index in [1.807, 2.05) is 6.07 Å². The molecule has 0 unspecified atom stereocenters. The van der Waals surface area contributed by atoms with E-state index in [9.17, 15) is 14.5 Å². The number of halogens is 1. The average molecular weight is 272 g/mol. The Morgan fingerprint density at radius 3 is 2.65 bits per heavy atom. The topological polar surface area (TPSA) is 76.2 Å². The fraction of sp³-hybridized carbons (Fsp3) is 0.0714. The van der Waals surface area contributed by atoms with Gasteiger partial charge in [-0.1, -0.05) is 0 Å². The summed E-state index contributed by atoms with van der Waals surface area (Å²) in [5, 5.41) is 19.7. The van der Waals surface area contributed by atoms with Gasteiger partial charge in [0, 0.05) is 12.1 Å². The Balaban J connectivity index is 2.39. The van der Waals surface area contributed by atoms with Gasteiger partial charge in [-0.3, -0.25) is 10.1 Å². The van der Waals surface area contributed by atoms with Crippen LogP contribution < -0.4 is 4.74 Å². The Kier molecular flexibility index (Phi) is 3.62. The number of hydrogen-bond donors (Lipinski definition) is 0. The number of ether oxygens (including phenoxy) is 1. The van der Waals surface area contributed by atoms with Crippen LogP contribution in [0.4, 0.5) is 10.1 Å². The minimum absolute atomic E-state index is 0.181. The maximum atomic E-state index is 13.2. The molecule has 0 amide bonds. The van der Waals surface area contributed by atoms with Crippen molar-refractivity contribution in [2.45, 2.75) is 6.92 Å². The van der Waals surface area contributed by atoms with E-state index in [0.717, 1.165) is 18.2 Å². The van der Waals surface area contributed by atoms with E-state index in [2.05, 4.69) is 0 Å². The molecule has 5 nitrogen and oxygen atoms in total. The molecule has 0 aromatic heterocycles. The van der Waals surface area contributed by atoms with Gasteiger partial charge < -0.3 is 4.74 Å². The van der Waals surface area contributed by atoms with Crippen LogP contribution in [0.1, 0.15) is 11.1 Å². The molecule has 0 bridgehead atoms. The van der Waals surface area contributed by atoms with Crippen LogP contribution in [0, 0.1) is 34.2 Å². The van der Waals surface area contributed by atoms with E-state index in [1.54, 1.807) is 13.0 Å². The summed E-state index contributed by atoms with van der Waals surface area (Å²) in [6.45, 7) is 1.71.